The monoisotopic (exact) mass is 287 g/mol. The predicted octanol–water partition coefficient (Wildman–Crippen LogP) is 0.695. The molecule has 1 fully saturated rings. The number of carbonyl (C=O) groups excluding carboxylic acids is 1. The summed E-state index contributed by atoms with van der Waals surface area (Å²) in [6, 6.07) is 1.94. The van der Waals surface area contributed by atoms with Crippen molar-refractivity contribution < 1.29 is 28.2 Å². The van der Waals surface area contributed by atoms with Crippen LogP contribution in [0, 0.1) is 11.6 Å². The number of aliphatic hydroxyl groups is 1. The molecule has 110 valence electrons. The fourth-order valence-corrected chi connectivity index (χ4v) is 1.88. The van der Waals surface area contributed by atoms with Crippen molar-refractivity contribution in [3.05, 3.63) is 29.3 Å². The predicted molar refractivity (Wildman–Crippen MR) is 65.2 cm³/mol. The number of hydrogen-bond acceptors (Lipinski definition) is 4. The third-order valence-corrected chi connectivity index (χ3v) is 2.94. The van der Waals surface area contributed by atoms with Crippen molar-refractivity contribution >= 4 is 5.91 Å². The number of morpholine rings is 1. The minimum absolute atomic E-state index is 0.104. The topological polar surface area (TPSA) is 59.0 Å². The molecule has 1 aliphatic heterocycles. The maximum Gasteiger partial charge on any atom is 0.260 e. The summed E-state index contributed by atoms with van der Waals surface area (Å²) in [7, 11) is 0. The SMILES string of the molecule is O=C(COc1c(F)cc(CO)cc1F)N1CCOCC1. The van der Waals surface area contributed by atoms with Gasteiger partial charge in [0.1, 0.15) is 0 Å². The molecular formula is C13H15F2NO4. The number of carbonyl (C=O) groups is 1. The Kier molecular flexibility index (Phi) is 4.86. The molecule has 2 rings (SSSR count). The molecule has 0 unspecified atom stereocenters. The number of amides is 1. The second-order valence-electron chi connectivity index (χ2n) is 4.33. The lowest BCUT2D eigenvalue weighted by Gasteiger charge is -2.26. The molecule has 1 aromatic carbocycles. The lowest BCUT2D eigenvalue weighted by atomic mass is 10.2. The zero-order valence-electron chi connectivity index (χ0n) is 10.8. The minimum atomic E-state index is -0.941. The fourth-order valence-electron chi connectivity index (χ4n) is 1.88. The number of rotatable bonds is 4. The van der Waals surface area contributed by atoms with E-state index >= 15 is 0 Å². The van der Waals surface area contributed by atoms with Gasteiger partial charge in [-0.2, -0.15) is 0 Å². The van der Waals surface area contributed by atoms with Crippen LogP contribution in [-0.2, 0) is 16.1 Å². The van der Waals surface area contributed by atoms with Crippen LogP contribution in [0.15, 0.2) is 12.1 Å². The first-order chi connectivity index (χ1) is 9.61. The summed E-state index contributed by atoms with van der Waals surface area (Å²) in [5.74, 6) is -2.84. The molecule has 0 aliphatic carbocycles. The second-order valence-corrected chi connectivity index (χ2v) is 4.33. The first-order valence-electron chi connectivity index (χ1n) is 6.19. The highest BCUT2D eigenvalue weighted by molar-refractivity contribution is 5.77. The van der Waals surface area contributed by atoms with E-state index in [2.05, 4.69) is 0 Å². The number of ether oxygens (including phenoxy) is 2. The number of benzene rings is 1. The fraction of sp³-hybridized carbons (Fsp3) is 0.462. The normalized spacial score (nSPS) is 15.2. The third-order valence-electron chi connectivity index (χ3n) is 2.94. The number of nitrogens with zero attached hydrogens (tertiary/aromatic N) is 1. The average molecular weight is 287 g/mol. The summed E-state index contributed by atoms with van der Waals surface area (Å²) in [6.07, 6.45) is 0. The Hall–Kier alpha value is -1.73. The van der Waals surface area contributed by atoms with Gasteiger partial charge in [-0.05, 0) is 17.7 Å². The molecule has 1 amide bonds. The second kappa shape index (κ2) is 6.62. The van der Waals surface area contributed by atoms with E-state index < -0.39 is 30.6 Å². The van der Waals surface area contributed by atoms with Crippen molar-refractivity contribution in [3.63, 3.8) is 0 Å². The summed E-state index contributed by atoms with van der Waals surface area (Å²) >= 11 is 0. The molecule has 0 saturated carbocycles. The van der Waals surface area contributed by atoms with Gasteiger partial charge in [0, 0.05) is 13.1 Å². The molecule has 5 nitrogen and oxygen atoms in total. The molecule has 0 spiro atoms. The lowest BCUT2D eigenvalue weighted by Crippen LogP contribution is -2.43. The van der Waals surface area contributed by atoms with Crippen LogP contribution in [0.3, 0.4) is 0 Å². The van der Waals surface area contributed by atoms with E-state index in [1.807, 2.05) is 0 Å². The molecule has 0 radical (unpaired) electrons. The van der Waals surface area contributed by atoms with Gasteiger partial charge in [0.15, 0.2) is 24.0 Å². The van der Waals surface area contributed by atoms with E-state index in [1.165, 1.54) is 4.90 Å². The third kappa shape index (κ3) is 3.43. The molecular weight excluding hydrogens is 272 g/mol. The maximum absolute atomic E-state index is 13.6. The van der Waals surface area contributed by atoms with Crippen LogP contribution in [-0.4, -0.2) is 48.8 Å². The Morgan fingerprint density at radius 2 is 1.90 bits per heavy atom. The van der Waals surface area contributed by atoms with Crippen molar-refractivity contribution in [1.82, 2.24) is 4.90 Å². The molecule has 0 atom stereocenters. The summed E-state index contributed by atoms with van der Waals surface area (Å²) < 4.78 is 37.2. The number of hydrogen-bond donors (Lipinski definition) is 1. The Balaban J connectivity index is 1.98. The van der Waals surface area contributed by atoms with E-state index in [0.717, 1.165) is 12.1 Å². The van der Waals surface area contributed by atoms with Gasteiger partial charge in [-0.25, -0.2) is 8.78 Å². The quantitative estimate of drug-likeness (QED) is 0.885. The lowest BCUT2D eigenvalue weighted by molar-refractivity contribution is -0.137. The summed E-state index contributed by atoms with van der Waals surface area (Å²) in [5.41, 5.74) is 0.104. The molecule has 1 heterocycles. The van der Waals surface area contributed by atoms with Gasteiger partial charge in [0.05, 0.1) is 19.8 Å². The van der Waals surface area contributed by atoms with Crippen LogP contribution in [0.2, 0.25) is 0 Å². The van der Waals surface area contributed by atoms with Crippen molar-refractivity contribution in [2.24, 2.45) is 0 Å². The van der Waals surface area contributed by atoms with E-state index in [1.54, 1.807) is 0 Å². The van der Waals surface area contributed by atoms with E-state index in [-0.39, 0.29) is 11.5 Å². The molecule has 1 aliphatic rings. The Bertz CT molecular complexity index is 466. The van der Waals surface area contributed by atoms with Gasteiger partial charge in [0.25, 0.3) is 5.91 Å². The summed E-state index contributed by atoms with van der Waals surface area (Å²) in [5, 5.41) is 8.82. The van der Waals surface area contributed by atoms with Gasteiger partial charge in [-0.1, -0.05) is 0 Å². The number of halogens is 2. The van der Waals surface area contributed by atoms with E-state index in [0.29, 0.717) is 26.3 Å². The van der Waals surface area contributed by atoms with Crippen molar-refractivity contribution in [1.29, 1.82) is 0 Å². The highest BCUT2D eigenvalue weighted by atomic mass is 19.1. The van der Waals surface area contributed by atoms with Crippen LogP contribution >= 0.6 is 0 Å². The molecule has 1 aromatic rings. The highest BCUT2D eigenvalue weighted by Crippen LogP contribution is 2.23. The van der Waals surface area contributed by atoms with Crippen LogP contribution in [0.4, 0.5) is 8.78 Å². The zero-order valence-corrected chi connectivity index (χ0v) is 10.8. The Morgan fingerprint density at radius 1 is 1.30 bits per heavy atom. The smallest absolute Gasteiger partial charge is 0.260 e. The van der Waals surface area contributed by atoms with Crippen molar-refractivity contribution in [3.8, 4) is 5.75 Å². The molecule has 1 N–H and O–H groups in total. The zero-order chi connectivity index (χ0) is 14.5. The van der Waals surface area contributed by atoms with E-state index in [9.17, 15) is 13.6 Å². The molecule has 7 heteroatoms. The molecule has 0 bridgehead atoms. The van der Waals surface area contributed by atoms with Crippen molar-refractivity contribution in [2.45, 2.75) is 6.61 Å². The van der Waals surface area contributed by atoms with Gasteiger partial charge in [0.2, 0.25) is 0 Å². The Morgan fingerprint density at radius 3 is 2.45 bits per heavy atom. The number of aliphatic hydroxyl groups excluding tert-OH is 1. The summed E-state index contributed by atoms with van der Waals surface area (Å²) in [6.45, 7) is 0.861. The van der Waals surface area contributed by atoms with Crippen molar-refractivity contribution in [2.75, 3.05) is 32.9 Å². The van der Waals surface area contributed by atoms with Gasteiger partial charge >= 0.3 is 0 Å². The highest BCUT2D eigenvalue weighted by Gasteiger charge is 2.19. The van der Waals surface area contributed by atoms with Crippen LogP contribution in [0.1, 0.15) is 5.56 Å². The van der Waals surface area contributed by atoms with Crippen LogP contribution in [0.5, 0.6) is 5.75 Å². The van der Waals surface area contributed by atoms with Gasteiger partial charge in [-0.3, -0.25) is 4.79 Å². The van der Waals surface area contributed by atoms with Crippen LogP contribution < -0.4 is 4.74 Å². The first-order valence-corrected chi connectivity index (χ1v) is 6.19. The average Bonchev–Trinajstić information content (AvgIpc) is 2.46. The molecule has 1 saturated heterocycles. The van der Waals surface area contributed by atoms with E-state index in [4.69, 9.17) is 14.6 Å². The van der Waals surface area contributed by atoms with Gasteiger partial charge in [-0.15, -0.1) is 0 Å². The maximum atomic E-state index is 13.6. The van der Waals surface area contributed by atoms with Crippen LogP contribution in [0.25, 0.3) is 0 Å². The standard InChI is InChI=1S/C13H15F2NO4/c14-10-5-9(7-17)6-11(15)13(10)20-8-12(18)16-1-3-19-4-2-16/h5-6,17H,1-4,7-8H2. The summed E-state index contributed by atoms with van der Waals surface area (Å²) in [4.78, 5) is 13.3. The minimum Gasteiger partial charge on any atom is -0.478 e. The largest absolute Gasteiger partial charge is 0.478 e. The Labute approximate surface area is 114 Å². The first kappa shape index (κ1) is 14.7. The van der Waals surface area contributed by atoms with Gasteiger partial charge < -0.3 is 19.5 Å². The molecule has 20 heavy (non-hydrogen) atoms. The molecule has 0 aromatic heterocycles.